The van der Waals surface area contributed by atoms with Crippen molar-refractivity contribution in [3.63, 3.8) is 0 Å². The second-order valence-electron chi connectivity index (χ2n) is 2.25. The zero-order chi connectivity index (χ0) is 8.81. The molecule has 1 saturated heterocycles. The number of carbonyl (C=O) groups excluding carboxylic acids is 1. The molecule has 1 fully saturated rings. The third-order valence-electron chi connectivity index (χ3n) is 1.30. The van der Waals surface area contributed by atoms with E-state index < -0.39 is 6.16 Å². The standard InChI is InChI=1S/C6H9BO5/c7-11-2-1-9-3-5-4-10-6(8)12-5/h5H,1-4H2. The van der Waals surface area contributed by atoms with Crippen LogP contribution in [0.1, 0.15) is 0 Å². The maximum Gasteiger partial charge on any atom is 0.508 e. The minimum absolute atomic E-state index is 0.252. The number of cyclic esters (lactones) is 2. The van der Waals surface area contributed by atoms with Crippen LogP contribution in [0.5, 0.6) is 0 Å². The van der Waals surface area contributed by atoms with Crippen molar-refractivity contribution in [2.24, 2.45) is 0 Å². The highest BCUT2D eigenvalue weighted by atomic mass is 16.8. The lowest BCUT2D eigenvalue weighted by atomic mass is 10.4. The molecule has 66 valence electrons. The van der Waals surface area contributed by atoms with E-state index >= 15 is 0 Å². The quantitative estimate of drug-likeness (QED) is 0.322. The summed E-state index contributed by atoms with van der Waals surface area (Å²) in [6, 6.07) is 0. The van der Waals surface area contributed by atoms with Gasteiger partial charge < -0.3 is 18.9 Å². The van der Waals surface area contributed by atoms with Crippen LogP contribution in [0, 0.1) is 0 Å². The van der Waals surface area contributed by atoms with Gasteiger partial charge in [-0.2, -0.15) is 0 Å². The average molecular weight is 172 g/mol. The van der Waals surface area contributed by atoms with Crippen molar-refractivity contribution in [1.29, 1.82) is 0 Å². The van der Waals surface area contributed by atoms with E-state index in [1.807, 2.05) is 0 Å². The van der Waals surface area contributed by atoms with Crippen LogP contribution < -0.4 is 0 Å². The van der Waals surface area contributed by atoms with Gasteiger partial charge in [0.1, 0.15) is 6.61 Å². The molecule has 0 spiro atoms. The van der Waals surface area contributed by atoms with Gasteiger partial charge in [-0.1, -0.05) is 0 Å². The highest BCUT2D eigenvalue weighted by molar-refractivity contribution is 5.97. The van der Waals surface area contributed by atoms with Crippen LogP contribution in [0.3, 0.4) is 0 Å². The lowest BCUT2D eigenvalue weighted by Gasteiger charge is -2.06. The second-order valence-corrected chi connectivity index (χ2v) is 2.25. The molecule has 12 heavy (non-hydrogen) atoms. The molecule has 5 nitrogen and oxygen atoms in total. The Kier molecular flexibility index (Phi) is 3.89. The Morgan fingerprint density at radius 2 is 2.42 bits per heavy atom. The van der Waals surface area contributed by atoms with E-state index in [4.69, 9.17) is 12.8 Å². The van der Waals surface area contributed by atoms with Gasteiger partial charge in [-0.05, 0) is 0 Å². The molecule has 0 bridgehead atoms. The molecule has 2 radical (unpaired) electrons. The summed E-state index contributed by atoms with van der Waals surface area (Å²) in [7, 11) is 4.75. The first-order chi connectivity index (χ1) is 5.83. The van der Waals surface area contributed by atoms with Crippen LogP contribution in [0.25, 0.3) is 0 Å². The molecular weight excluding hydrogens is 163 g/mol. The minimum Gasteiger partial charge on any atom is -0.445 e. The second kappa shape index (κ2) is 5.00. The lowest BCUT2D eigenvalue weighted by Crippen LogP contribution is -2.19. The van der Waals surface area contributed by atoms with Gasteiger partial charge in [0.2, 0.25) is 0 Å². The molecular formula is C6H9BO5. The highest BCUT2D eigenvalue weighted by Crippen LogP contribution is 2.05. The van der Waals surface area contributed by atoms with Crippen molar-refractivity contribution in [2.45, 2.75) is 6.10 Å². The van der Waals surface area contributed by atoms with Crippen LogP contribution in [0.4, 0.5) is 4.79 Å². The van der Waals surface area contributed by atoms with Gasteiger partial charge in [-0.15, -0.1) is 0 Å². The third kappa shape index (κ3) is 3.10. The molecule has 0 N–H and O–H groups in total. The summed E-state index contributed by atoms with van der Waals surface area (Å²) in [6.07, 6.45) is -0.936. The molecule has 0 aromatic heterocycles. The van der Waals surface area contributed by atoms with E-state index in [9.17, 15) is 4.79 Å². The summed E-state index contributed by atoms with van der Waals surface area (Å²) in [5.41, 5.74) is 0. The average Bonchev–Trinajstić information content (AvgIpc) is 2.45. The van der Waals surface area contributed by atoms with Crippen LogP contribution >= 0.6 is 0 Å². The summed E-state index contributed by atoms with van der Waals surface area (Å²) in [5, 5.41) is 0. The molecule has 0 aromatic carbocycles. The Morgan fingerprint density at radius 1 is 1.58 bits per heavy atom. The van der Waals surface area contributed by atoms with Gasteiger partial charge in [-0.25, -0.2) is 4.79 Å². The van der Waals surface area contributed by atoms with Gasteiger partial charge >= 0.3 is 6.16 Å². The fourth-order valence-electron chi connectivity index (χ4n) is 0.769. The topological polar surface area (TPSA) is 54.0 Å². The first-order valence-corrected chi connectivity index (χ1v) is 3.55. The highest BCUT2D eigenvalue weighted by Gasteiger charge is 2.24. The van der Waals surface area contributed by atoms with E-state index in [-0.39, 0.29) is 12.7 Å². The molecule has 0 amide bonds. The maximum atomic E-state index is 10.4. The Morgan fingerprint density at radius 3 is 3.00 bits per heavy atom. The van der Waals surface area contributed by atoms with Crippen molar-refractivity contribution in [1.82, 2.24) is 0 Å². The Bertz CT molecular complexity index is 151. The van der Waals surface area contributed by atoms with E-state index in [1.165, 1.54) is 0 Å². The SMILES string of the molecule is [B]OCCOCC1COC(=O)O1. The van der Waals surface area contributed by atoms with Gasteiger partial charge in [0.15, 0.2) is 6.10 Å². The van der Waals surface area contributed by atoms with Crippen LogP contribution in [0.15, 0.2) is 0 Å². The van der Waals surface area contributed by atoms with Gasteiger partial charge in [0.05, 0.1) is 19.8 Å². The first kappa shape index (κ1) is 9.34. The number of ether oxygens (including phenoxy) is 3. The fourth-order valence-corrected chi connectivity index (χ4v) is 0.769. The zero-order valence-electron chi connectivity index (χ0n) is 6.52. The van der Waals surface area contributed by atoms with E-state index in [0.29, 0.717) is 19.8 Å². The Labute approximate surface area is 71.4 Å². The minimum atomic E-state index is -0.640. The van der Waals surface area contributed by atoms with Crippen LogP contribution in [-0.2, 0) is 18.9 Å². The number of hydrogen-bond acceptors (Lipinski definition) is 5. The zero-order valence-corrected chi connectivity index (χ0v) is 6.52. The molecule has 6 heteroatoms. The molecule has 0 aromatic rings. The van der Waals surface area contributed by atoms with Crippen molar-refractivity contribution >= 4 is 14.2 Å². The predicted molar refractivity (Wildman–Crippen MR) is 38.7 cm³/mol. The lowest BCUT2D eigenvalue weighted by molar-refractivity contribution is 0.0347. The molecule has 0 saturated carbocycles. The molecule has 0 aliphatic carbocycles. The Hall–Kier alpha value is -0.745. The number of rotatable bonds is 5. The molecule has 1 heterocycles. The monoisotopic (exact) mass is 172 g/mol. The van der Waals surface area contributed by atoms with Crippen molar-refractivity contribution < 1.29 is 23.7 Å². The first-order valence-electron chi connectivity index (χ1n) is 3.55. The maximum absolute atomic E-state index is 10.4. The van der Waals surface area contributed by atoms with E-state index in [2.05, 4.69) is 14.1 Å². The molecule has 1 unspecified atom stereocenters. The van der Waals surface area contributed by atoms with E-state index in [0.717, 1.165) is 0 Å². The largest absolute Gasteiger partial charge is 0.508 e. The summed E-state index contributed by atoms with van der Waals surface area (Å²) < 4.78 is 18.5. The van der Waals surface area contributed by atoms with Crippen molar-refractivity contribution in [2.75, 3.05) is 26.4 Å². The van der Waals surface area contributed by atoms with Gasteiger partial charge in [0.25, 0.3) is 8.05 Å². The molecule has 1 aliphatic heterocycles. The van der Waals surface area contributed by atoms with Crippen LogP contribution in [-0.4, -0.2) is 46.7 Å². The molecule has 1 atom stereocenters. The predicted octanol–water partition coefficient (Wildman–Crippen LogP) is -0.362. The van der Waals surface area contributed by atoms with Gasteiger partial charge in [-0.3, -0.25) is 0 Å². The summed E-state index contributed by atoms with van der Waals surface area (Å²) in [5.74, 6) is 0. The number of hydrogen-bond donors (Lipinski definition) is 0. The molecule has 1 aliphatic rings. The van der Waals surface area contributed by atoms with E-state index in [1.54, 1.807) is 0 Å². The summed E-state index contributed by atoms with van der Waals surface area (Å²) in [4.78, 5) is 10.4. The normalized spacial score (nSPS) is 22.0. The smallest absolute Gasteiger partial charge is 0.445 e. The van der Waals surface area contributed by atoms with Gasteiger partial charge in [0, 0.05) is 0 Å². The molecule has 1 rings (SSSR count). The third-order valence-corrected chi connectivity index (χ3v) is 1.30. The number of carbonyl (C=O) groups is 1. The Balaban J connectivity index is 1.97. The van der Waals surface area contributed by atoms with Crippen molar-refractivity contribution in [3.8, 4) is 0 Å². The summed E-state index contributed by atoms with van der Waals surface area (Å²) >= 11 is 0. The van der Waals surface area contributed by atoms with Crippen LogP contribution in [0.2, 0.25) is 0 Å². The fraction of sp³-hybridized carbons (Fsp3) is 0.833. The van der Waals surface area contributed by atoms with Crippen molar-refractivity contribution in [3.05, 3.63) is 0 Å². The summed E-state index contributed by atoms with van der Waals surface area (Å²) in [6.45, 7) is 1.27.